The fourth-order valence-electron chi connectivity index (χ4n) is 9.81. The van der Waals surface area contributed by atoms with Gasteiger partial charge in [-0.05, 0) is 79.5 Å². The van der Waals surface area contributed by atoms with Crippen molar-refractivity contribution in [3.8, 4) is 22.4 Å². The van der Waals surface area contributed by atoms with Crippen molar-refractivity contribution in [2.45, 2.75) is 103 Å². The third kappa shape index (κ3) is 9.89. The Labute approximate surface area is 382 Å². The summed E-state index contributed by atoms with van der Waals surface area (Å²) in [5, 5.41) is 9.28. The summed E-state index contributed by atoms with van der Waals surface area (Å²) in [7, 11) is 4.78. The smallest absolute Gasteiger partial charge is 0.406 e. The molecular formula is C48H59F3N8O7. The number of hydrazine groups is 1. The van der Waals surface area contributed by atoms with Crippen molar-refractivity contribution in [3.63, 3.8) is 0 Å². The number of aryl methyl sites for hydroxylation is 1. The predicted molar refractivity (Wildman–Crippen MR) is 240 cm³/mol. The van der Waals surface area contributed by atoms with E-state index in [0.29, 0.717) is 70.2 Å². The molecule has 0 saturated carbocycles. The zero-order valence-electron chi connectivity index (χ0n) is 38.5. The topological polar surface area (TPSA) is 160 Å². The lowest BCUT2D eigenvalue weighted by Crippen LogP contribution is -2.62. The van der Waals surface area contributed by atoms with Crippen LogP contribution in [-0.2, 0) is 59.9 Å². The maximum Gasteiger partial charge on any atom is 0.406 e. The summed E-state index contributed by atoms with van der Waals surface area (Å²) >= 11 is 0. The highest BCUT2D eigenvalue weighted by Crippen LogP contribution is 2.42. The van der Waals surface area contributed by atoms with E-state index >= 15 is 0 Å². The number of ether oxygens (including phenoxy) is 2. The van der Waals surface area contributed by atoms with Gasteiger partial charge in [-0.1, -0.05) is 50.8 Å². The van der Waals surface area contributed by atoms with Crippen LogP contribution in [0.3, 0.4) is 0 Å². The van der Waals surface area contributed by atoms with E-state index in [4.69, 9.17) is 9.47 Å². The lowest BCUT2D eigenvalue weighted by atomic mass is 9.95. The Hall–Kier alpha value is -6.01. The molecule has 6 atom stereocenters. The first-order valence-corrected chi connectivity index (χ1v) is 22.4. The molecule has 2 aromatic carbocycles. The van der Waals surface area contributed by atoms with Gasteiger partial charge >= 0.3 is 12.1 Å². The SMILES string of the molecule is C=CC(=O)N1CC[C@H](C(=O)N(C)C(C(=O)N[C@H]2Cc3cccc(c3)-c3ccc4c(c3)c(c(-c3cnn(C)c3[C@H](C)OC)n4CC(F)(F)F)C[C@@H](C)OC(=O)[C@@H]3CCCN(N3)C2=O)C(C)C)C1. The van der Waals surface area contributed by atoms with Crippen molar-refractivity contribution in [2.24, 2.45) is 18.9 Å². The Bertz CT molecular complexity index is 2520. The first-order valence-electron chi connectivity index (χ1n) is 22.4. The van der Waals surface area contributed by atoms with Gasteiger partial charge in [-0.25, -0.2) is 5.43 Å². The number of halogens is 3. The van der Waals surface area contributed by atoms with Gasteiger partial charge in [-0.15, -0.1) is 0 Å². The van der Waals surface area contributed by atoms with Gasteiger partial charge < -0.3 is 29.2 Å². The van der Waals surface area contributed by atoms with E-state index in [2.05, 4.69) is 22.4 Å². The third-order valence-corrected chi connectivity index (χ3v) is 13.0. The highest BCUT2D eigenvalue weighted by Gasteiger charge is 2.40. The number of nitrogens with zero attached hydrogens (tertiary/aromatic N) is 6. The number of esters is 1. The average Bonchev–Trinajstić information content (AvgIpc) is 4.00. The van der Waals surface area contributed by atoms with Gasteiger partial charge in [0.05, 0.1) is 29.6 Å². The van der Waals surface area contributed by atoms with Crippen molar-refractivity contribution in [1.29, 1.82) is 0 Å². The monoisotopic (exact) mass is 916 g/mol. The molecule has 4 amide bonds. The lowest BCUT2D eigenvalue weighted by Gasteiger charge is -2.37. The summed E-state index contributed by atoms with van der Waals surface area (Å²) in [5.41, 5.74) is 7.27. The summed E-state index contributed by atoms with van der Waals surface area (Å²) in [5.74, 6) is -3.13. The maximum atomic E-state index is 14.6. The van der Waals surface area contributed by atoms with Crippen molar-refractivity contribution < 1.29 is 46.6 Å². The summed E-state index contributed by atoms with van der Waals surface area (Å²) in [6, 6.07) is 9.56. The number of methoxy groups -OCH3 is 1. The second-order valence-corrected chi connectivity index (χ2v) is 18.0. The fraction of sp³-hybridized carbons (Fsp3) is 0.500. The van der Waals surface area contributed by atoms with E-state index in [-0.39, 0.29) is 49.4 Å². The molecule has 6 bridgehead atoms. The summed E-state index contributed by atoms with van der Waals surface area (Å²) < 4.78 is 58.3. The second kappa shape index (κ2) is 19.5. The minimum absolute atomic E-state index is 0.0214. The highest BCUT2D eigenvalue weighted by atomic mass is 19.4. The van der Waals surface area contributed by atoms with Crippen LogP contribution in [0.15, 0.2) is 61.3 Å². The number of rotatable bonds is 10. The minimum Gasteiger partial charge on any atom is -0.461 e. The van der Waals surface area contributed by atoms with Crippen LogP contribution in [-0.4, -0.2) is 123 Å². The molecule has 3 aliphatic rings. The number of likely N-dealkylation sites (tertiary alicyclic amines) is 1. The van der Waals surface area contributed by atoms with Gasteiger partial charge in [0.2, 0.25) is 17.7 Å². The largest absolute Gasteiger partial charge is 0.461 e. The number of nitrogens with one attached hydrogen (secondary N) is 2. The number of hydrogen-bond acceptors (Lipinski definition) is 9. The number of carbonyl (C=O) groups excluding carboxylic acids is 5. The third-order valence-electron chi connectivity index (χ3n) is 13.0. The molecule has 7 rings (SSSR count). The van der Waals surface area contributed by atoms with Crippen LogP contribution < -0.4 is 10.7 Å². The van der Waals surface area contributed by atoms with Gasteiger partial charge in [0.1, 0.15) is 30.8 Å². The van der Waals surface area contributed by atoms with Crippen molar-refractivity contribution in [1.82, 2.24) is 39.9 Å². The molecule has 0 spiro atoms. The molecule has 2 N–H and O–H groups in total. The molecule has 0 aliphatic carbocycles. The van der Waals surface area contributed by atoms with Crippen LogP contribution in [0.25, 0.3) is 33.3 Å². The Morgan fingerprint density at radius 2 is 1.82 bits per heavy atom. The molecule has 1 unspecified atom stereocenters. The number of benzene rings is 2. The molecule has 2 fully saturated rings. The standard InChI is InChI=1S/C48H59F3N8O7/c1-9-40(60)57-19-17-33(25-57)45(62)55(6)41(27(2)3)44(61)53-38-22-30-12-10-13-31(21-30)32-15-16-39-34(23-32)35(20-28(4)66-47(64)37-14-11-18-59(54-37)46(38)63)43(58(39)26-48(49,50)51)36-24-52-56(7)42(36)29(5)65-8/h9-10,12-13,15-16,21,23-24,27-29,33,37-38,41,54H,1,11,14,17-20,22,25-26H2,2-8H3,(H,53,61)/t28-,29+,33+,37+,38+,41?/m1/s1. The first-order chi connectivity index (χ1) is 31.3. The van der Waals surface area contributed by atoms with Crippen molar-refractivity contribution in [2.75, 3.05) is 33.8 Å². The number of carbonyl (C=O) groups is 5. The van der Waals surface area contributed by atoms with E-state index in [0.717, 1.165) is 0 Å². The van der Waals surface area contributed by atoms with E-state index in [1.54, 1.807) is 49.7 Å². The van der Waals surface area contributed by atoms with Crippen LogP contribution >= 0.6 is 0 Å². The van der Waals surface area contributed by atoms with Crippen molar-refractivity contribution in [3.05, 3.63) is 78.1 Å². The number of aromatic nitrogens is 3. The normalized spacial score (nSPS) is 21.4. The average molecular weight is 917 g/mol. The van der Waals surface area contributed by atoms with Crippen LogP contribution in [0.1, 0.15) is 69.9 Å². The zero-order chi connectivity index (χ0) is 47.8. The molecule has 2 saturated heterocycles. The molecule has 4 aromatic rings. The van der Waals surface area contributed by atoms with Gasteiger partial charge in [0, 0.05) is 70.1 Å². The Kier molecular flexibility index (Phi) is 14.1. The minimum atomic E-state index is -4.60. The Morgan fingerprint density at radius 1 is 1.08 bits per heavy atom. The van der Waals surface area contributed by atoms with Gasteiger partial charge in [0.15, 0.2) is 0 Å². The maximum absolute atomic E-state index is 14.6. The van der Waals surface area contributed by atoms with Crippen molar-refractivity contribution >= 4 is 40.5 Å². The number of alkyl halides is 3. The molecule has 354 valence electrons. The second-order valence-electron chi connectivity index (χ2n) is 18.0. The lowest BCUT2D eigenvalue weighted by molar-refractivity contribution is -0.156. The fourth-order valence-corrected chi connectivity index (χ4v) is 9.81. The van der Waals surface area contributed by atoms with Crippen LogP contribution in [0, 0.1) is 11.8 Å². The zero-order valence-corrected chi connectivity index (χ0v) is 38.5. The molecule has 2 aromatic heterocycles. The number of likely N-dealkylation sites (N-methyl/N-ethyl adjacent to an activating group) is 1. The first kappa shape index (κ1) is 47.9. The summed E-state index contributed by atoms with van der Waals surface area (Å²) in [4.78, 5) is 72.1. The molecule has 0 radical (unpaired) electrons. The molecule has 66 heavy (non-hydrogen) atoms. The molecule has 15 nitrogen and oxygen atoms in total. The summed E-state index contributed by atoms with van der Waals surface area (Å²) in [6.45, 7) is 10.2. The quantitative estimate of drug-likeness (QED) is 0.155. The van der Waals surface area contributed by atoms with Crippen LogP contribution in [0.5, 0.6) is 0 Å². The van der Waals surface area contributed by atoms with E-state index in [1.807, 2.05) is 44.2 Å². The van der Waals surface area contributed by atoms with Gasteiger partial charge in [-0.2, -0.15) is 18.3 Å². The summed E-state index contributed by atoms with van der Waals surface area (Å²) in [6.07, 6.45) is -1.95. The molecule has 3 aliphatic heterocycles. The number of hydrogen-bond donors (Lipinski definition) is 2. The van der Waals surface area contributed by atoms with E-state index < -0.39 is 66.8 Å². The Morgan fingerprint density at radius 3 is 2.52 bits per heavy atom. The number of amides is 4. The number of cyclic esters (lactones) is 1. The molecular weight excluding hydrogens is 858 g/mol. The molecule has 18 heteroatoms. The van der Waals surface area contributed by atoms with Gasteiger partial charge in [0.25, 0.3) is 5.91 Å². The van der Waals surface area contributed by atoms with E-state index in [1.165, 1.54) is 33.9 Å². The van der Waals surface area contributed by atoms with Crippen LogP contribution in [0.4, 0.5) is 13.2 Å². The van der Waals surface area contributed by atoms with E-state index in [9.17, 15) is 37.1 Å². The highest BCUT2D eigenvalue weighted by molar-refractivity contribution is 5.96. The van der Waals surface area contributed by atoms with Crippen LogP contribution in [0.2, 0.25) is 0 Å². The number of fused-ring (bicyclic) bond motifs is 6. The Balaban J connectivity index is 1.31. The molecule has 5 heterocycles. The van der Waals surface area contributed by atoms with Gasteiger partial charge in [-0.3, -0.25) is 33.7 Å². The predicted octanol–water partition coefficient (Wildman–Crippen LogP) is 5.51.